The Labute approximate surface area is 136 Å². The van der Waals surface area contributed by atoms with Crippen LogP contribution < -0.4 is 0 Å². The van der Waals surface area contributed by atoms with Gasteiger partial charge in [0, 0.05) is 36.8 Å². The third kappa shape index (κ3) is 2.06. The molecule has 7 heteroatoms. The van der Waals surface area contributed by atoms with Gasteiger partial charge in [-0.25, -0.2) is 14.5 Å². The van der Waals surface area contributed by atoms with Crippen molar-refractivity contribution in [3.63, 3.8) is 0 Å². The second kappa shape index (κ2) is 5.02. The Balaban J connectivity index is 1.57. The minimum absolute atomic E-state index is 0.747. The molecule has 0 aliphatic heterocycles. The number of aromatic nitrogens is 7. The summed E-state index contributed by atoms with van der Waals surface area (Å²) in [6.45, 7) is 0. The molecule has 7 nitrogen and oxygen atoms in total. The molecule has 0 fully saturated rings. The molecule has 0 bridgehead atoms. The number of nitrogens with one attached hydrogen (secondary N) is 1. The fourth-order valence-corrected chi connectivity index (χ4v) is 2.87. The molecule has 0 aliphatic carbocycles. The summed E-state index contributed by atoms with van der Waals surface area (Å²) in [5.74, 6) is 0. The van der Waals surface area contributed by atoms with E-state index in [2.05, 4.69) is 32.4 Å². The van der Waals surface area contributed by atoms with E-state index in [0.717, 1.165) is 34.7 Å². The zero-order valence-corrected chi connectivity index (χ0v) is 12.7. The summed E-state index contributed by atoms with van der Waals surface area (Å²) < 4.78 is 3.91. The van der Waals surface area contributed by atoms with Crippen LogP contribution in [0.25, 0.3) is 22.6 Å². The Bertz CT molecular complexity index is 1130. The van der Waals surface area contributed by atoms with Crippen molar-refractivity contribution in [2.45, 2.75) is 6.42 Å². The minimum Gasteiger partial charge on any atom is -0.307 e. The van der Waals surface area contributed by atoms with Crippen LogP contribution in [0.3, 0.4) is 0 Å². The zero-order chi connectivity index (χ0) is 15.9. The van der Waals surface area contributed by atoms with Crippen LogP contribution in [-0.4, -0.2) is 34.2 Å². The second-order valence-electron chi connectivity index (χ2n) is 5.63. The predicted octanol–water partition coefficient (Wildman–Crippen LogP) is 2.36. The molecule has 0 aromatic carbocycles. The van der Waals surface area contributed by atoms with E-state index in [1.807, 2.05) is 45.7 Å². The average molecular weight is 315 g/mol. The maximum Gasteiger partial charge on any atom is 0.153 e. The van der Waals surface area contributed by atoms with E-state index >= 15 is 0 Å². The summed E-state index contributed by atoms with van der Waals surface area (Å²) >= 11 is 0. The van der Waals surface area contributed by atoms with Crippen molar-refractivity contribution in [1.29, 1.82) is 0 Å². The van der Waals surface area contributed by atoms with Gasteiger partial charge < -0.3 is 4.40 Å². The van der Waals surface area contributed by atoms with Gasteiger partial charge in [-0.15, -0.1) is 0 Å². The molecule has 0 unspecified atom stereocenters. The van der Waals surface area contributed by atoms with Crippen LogP contribution in [0.15, 0.2) is 61.4 Å². The van der Waals surface area contributed by atoms with Crippen LogP contribution in [0.5, 0.6) is 0 Å². The number of hydrogen-bond donors (Lipinski definition) is 1. The second-order valence-corrected chi connectivity index (χ2v) is 5.63. The van der Waals surface area contributed by atoms with Crippen LogP contribution in [-0.2, 0) is 6.42 Å². The lowest BCUT2D eigenvalue weighted by Gasteiger charge is -2.04. The highest BCUT2D eigenvalue weighted by atomic mass is 15.3. The summed E-state index contributed by atoms with van der Waals surface area (Å²) in [6, 6.07) is 8.02. The standard InChI is InChI=1S/C17H13N7/c1-3-16-18-5-6-23(16)11-12(1)7-14-10-19-17-4-2-15(22-24(14)17)13-8-20-21-9-13/h1-6,8-11H,7H2,(H,20,21). The Hall–Kier alpha value is -3.48. The first-order valence-corrected chi connectivity index (χ1v) is 7.61. The fraction of sp³-hybridized carbons (Fsp3) is 0.0588. The molecular formula is C17H13N7. The highest BCUT2D eigenvalue weighted by molar-refractivity contribution is 5.58. The molecule has 0 amide bonds. The van der Waals surface area contributed by atoms with E-state index in [-0.39, 0.29) is 0 Å². The van der Waals surface area contributed by atoms with Crippen molar-refractivity contribution in [2.24, 2.45) is 0 Å². The maximum absolute atomic E-state index is 4.70. The third-order valence-corrected chi connectivity index (χ3v) is 4.06. The molecule has 5 rings (SSSR count). The smallest absolute Gasteiger partial charge is 0.153 e. The van der Waals surface area contributed by atoms with Gasteiger partial charge in [0.15, 0.2) is 5.65 Å². The van der Waals surface area contributed by atoms with Crippen LogP contribution in [0, 0.1) is 0 Å². The highest BCUT2D eigenvalue weighted by Gasteiger charge is 2.09. The SMILES string of the molecule is c1cn2cc(Cc3cnc4ccc(-c5cn[nH]c5)nn34)ccc2n1. The largest absolute Gasteiger partial charge is 0.307 e. The molecule has 0 aliphatic rings. The Morgan fingerprint density at radius 2 is 1.96 bits per heavy atom. The molecule has 5 aromatic heterocycles. The summed E-state index contributed by atoms with van der Waals surface area (Å²) in [5.41, 5.74) is 5.81. The van der Waals surface area contributed by atoms with Crippen molar-refractivity contribution in [2.75, 3.05) is 0 Å². The van der Waals surface area contributed by atoms with Crippen molar-refractivity contribution < 1.29 is 0 Å². The molecule has 116 valence electrons. The van der Waals surface area contributed by atoms with E-state index < -0.39 is 0 Å². The van der Waals surface area contributed by atoms with Crippen molar-refractivity contribution in [3.8, 4) is 11.3 Å². The van der Waals surface area contributed by atoms with Gasteiger partial charge in [-0.05, 0) is 23.8 Å². The summed E-state index contributed by atoms with van der Waals surface area (Å²) in [6.07, 6.45) is 12.0. The topological polar surface area (TPSA) is 76.2 Å². The van der Waals surface area contributed by atoms with E-state index in [4.69, 9.17) is 5.10 Å². The van der Waals surface area contributed by atoms with E-state index in [1.165, 1.54) is 5.56 Å². The zero-order valence-electron chi connectivity index (χ0n) is 12.7. The third-order valence-electron chi connectivity index (χ3n) is 4.06. The number of hydrogen-bond acceptors (Lipinski definition) is 4. The lowest BCUT2D eigenvalue weighted by Crippen LogP contribution is -2.00. The average Bonchev–Trinajstić information content (AvgIpc) is 3.35. The molecule has 24 heavy (non-hydrogen) atoms. The van der Waals surface area contributed by atoms with Crippen molar-refractivity contribution in [1.82, 2.24) is 34.2 Å². The van der Waals surface area contributed by atoms with E-state index in [1.54, 1.807) is 12.4 Å². The van der Waals surface area contributed by atoms with E-state index in [9.17, 15) is 0 Å². The first-order valence-electron chi connectivity index (χ1n) is 7.61. The number of pyridine rings is 1. The fourth-order valence-electron chi connectivity index (χ4n) is 2.87. The number of aromatic amines is 1. The van der Waals surface area contributed by atoms with Gasteiger partial charge in [-0.1, -0.05) is 6.07 Å². The molecule has 5 aromatic rings. The lowest BCUT2D eigenvalue weighted by atomic mass is 10.2. The van der Waals surface area contributed by atoms with Gasteiger partial charge in [0.05, 0.1) is 23.8 Å². The molecule has 0 saturated heterocycles. The van der Waals surface area contributed by atoms with Gasteiger partial charge in [-0.3, -0.25) is 5.10 Å². The predicted molar refractivity (Wildman–Crippen MR) is 88.6 cm³/mol. The molecule has 1 N–H and O–H groups in total. The highest BCUT2D eigenvalue weighted by Crippen LogP contribution is 2.17. The molecule has 0 spiro atoms. The van der Waals surface area contributed by atoms with Gasteiger partial charge in [0.1, 0.15) is 5.65 Å². The van der Waals surface area contributed by atoms with Crippen LogP contribution in [0.2, 0.25) is 0 Å². The van der Waals surface area contributed by atoms with Crippen LogP contribution >= 0.6 is 0 Å². The quantitative estimate of drug-likeness (QED) is 0.554. The Kier molecular flexibility index (Phi) is 2.72. The number of imidazole rings is 2. The lowest BCUT2D eigenvalue weighted by molar-refractivity contribution is 0.873. The Morgan fingerprint density at radius 3 is 2.88 bits per heavy atom. The normalized spacial score (nSPS) is 11.5. The maximum atomic E-state index is 4.70. The Morgan fingerprint density at radius 1 is 1.00 bits per heavy atom. The summed E-state index contributed by atoms with van der Waals surface area (Å²) in [4.78, 5) is 8.72. The van der Waals surface area contributed by atoms with Crippen molar-refractivity contribution >= 4 is 11.3 Å². The van der Waals surface area contributed by atoms with Gasteiger partial charge in [-0.2, -0.15) is 10.2 Å². The summed E-state index contributed by atoms with van der Waals surface area (Å²) in [5, 5.41) is 11.5. The summed E-state index contributed by atoms with van der Waals surface area (Å²) in [7, 11) is 0. The van der Waals surface area contributed by atoms with Crippen LogP contribution in [0.1, 0.15) is 11.3 Å². The number of rotatable bonds is 3. The van der Waals surface area contributed by atoms with Gasteiger partial charge in [0.2, 0.25) is 0 Å². The number of fused-ring (bicyclic) bond motifs is 2. The molecule has 0 saturated carbocycles. The van der Waals surface area contributed by atoms with E-state index in [0.29, 0.717) is 0 Å². The molecule has 0 radical (unpaired) electrons. The monoisotopic (exact) mass is 315 g/mol. The first-order chi connectivity index (χ1) is 11.9. The van der Waals surface area contributed by atoms with Gasteiger partial charge >= 0.3 is 0 Å². The first kappa shape index (κ1) is 13.0. The molecular weight excluding hydrogens is 302 g/mol. The number of H-pyrrole nitrogens is 1. The van der Waals surface area contributed by atoms with Gasteiger partial charge in [0.25, 0.3) is 0 Å². The number of nitrogens with zero attached hydrogens (tertiary/aromatic N) is 6. The van der Waals surface area contributed by atoms with Crippen LogP contribution in [0.4, 0.5) is 0 Å². The van der Waals surface area contributed by atoms with Crippen molar-refractivity contribution in [3.05, 3.63) is 72.7 Å². The molecule has 0 atom stereocenters. The molecule has 5 heterocycles. The minimum atomic E-state index is 0.747.